The Hall–Kier alpha value is -2.14. The monoisotopic (exact) mass is 290 g/mol. The van der Waals surface area contributed by atoms with E-state index < -0.39 is 0 Å². The second-order valence-electron chi connectivity index (χ2n) is 4.48. The molecular formula is C16H19FN2O2. The first-order chi connectivity index (χ1) is 10.2. The third-order valence-corrected chi connectivity index (χ3v) is 3.21. The van der Waals surface area contributed by atoms with E-state index in [1.54, 1.807) is 25.4 Å². The maximum absolute atomic E-state index is 13.6. The summed E-state index contributed by atoms with van der Waals surface area (Å²) in [5.74, 6) is 0.515. The minimum Gasteiger partial charge on any atom is -0.495 e. The van der Waals surface area contributed by atoms with Gasteiger partial charge < -0.3 is 14.8 Å². The molecule has 0 aliphatic heterocycles. The molecule has 0 aliphatic carbocycles. The van der Waals surface area contributed by atoms with Crippen LogP contribution in [0.5, 0.6) is 11.5 Å². The molecule has 0 aliphatic rings. The third-order valence-electron chi connectivity index (χ3n) is 3.21. The van der Waals surface area contributed by atoms with Crippen molar-refractivity contribution in [2.75, 3.05) is 20.8 Å². The Balaban J connectivity index is 2.48. The van der Waals surface area contributed by atoms with Crippen molar-refractivity contribution in [1.82, 2.24) is 10.3 Å². The van der Waals surface area contributed by atoms with E-state index >= 15 is 0 Å². The van der Waals surface area contributed by atoms with Gasteiger partial charge in [-0.25, -0.2) is 4.39 Å². The quantitative estimate of drug-likeness (QED) is 0.888. The minimum atomic E-state index is -0.385. The van der Waals surface area contributed by atoms with Gasteiger partial charge in [-0.15, -0.1) is 0 Å². The lowest BCUT2D eigenvalue weighted by molar-refractivity contribution is 0.384. The number of rotatable bonds is 6. The normalized spacial score (nSPS) is 12.0. The molecular weight excluding hydrogens is 271 g/mol. The van der Waals surface area contributed by atoms with Crippen molar-refractivity contribution in [3.63, 3.8) is 0 Å². The van der Waals surface area contributed by atoms with Gasteiger partial charge >= 0.3 is 0 Å². The van der Waals surface area contributed by atoms with Gasteiger partial charge in [-0.3, -0.25) is 4.98 Å². The fraction of sp³-hybridized carbons (Fsp3) is 0.312. The summed E-state index contributed by atoms with van der Waals surface area (Å²) >= 11 is 0. The van der Waals surface area contributed by atoms with Crippen LogP contribution in [-0.2, 0) is 0 Å². The summed E-state index contributed by atoms with van der Waals surface area (Å²) in [5.41, 5.74) is 1.63. The number of methoxy groups -OCH3 is 2. The van der Waals surface area contributed by atoms with Gasteiger partial charge in [0.2, 0.25) is 0 Å². The number of pyridine rings is 1. The molecule has 112 valence electrons. The van der Waals surface area contributed by atoms with Gasteiger partial charge in [0.25, 0.3) is 0 Å². The molecule has 1 N–H and O–H groups in total. The Bertz CT molecular complexity index is 605. The number of halogens is 1. The zero-order valence-corrected chi connectivity index (χ0v) is 12.4. The van der Waals surface area contributed by atoms with E-state index in [4.69, 9.17) is 9.47 Å². The number of hydrogen-bond acceptors (Lipinski definition) is 4. The first-order valence-electron chi connectivity index (χ1n) is 6.77. The van der Waals surface area contributed by atoms with Crippen LogP contribution in [0.2, 0.25) is 0 Å². The SMILES string of the molecule is CCNC(c1ccc(F)c(OC)c1)c1ncccc1OC. The summed E-state index contributed by atoms with van der Waals surface area (Å²) < 4.78 is 24.0. The molecule has 1 atom stereocenters. The van der Waals surface area contributed by atoms with E-state index in [1.807, 2.05) is 19.1 Å². The number of benzene rings is 1. The average Bonchev–Trinajstić information content (AvgIpc) is 2.53. The molecule has 0 spiro atoms. The molecule has 4 nitrogen and oxygen atoms in total. The summed E-state index contributed by atoms with van der Waals surface area (Å²) in [5, 5.41) is 3.34. The van der Waals surface area contributed by atoms with E-state index in [0.29, 0.717) is 5.75 Å². The fourth-order valence-corrected chi connectivity index (χ4v) is 2.22. The highest BCUT2D eigenvalue weighted by atomic mass is 19.1. The first kappa shape index (κ1) is 15.3. The van der Waals surface area contributed by atoms with Crippen molar-refractivity contribution in [2.24, 2.45) is 0 Å². The summed E-state index contributed by atoms with van der Waals surface area (Å²) in [6, 6.07) is 8.27. The Morgan fingerprint density at radius 2 is 1.95 bits per heavy atom. The van der Waals surface area contributed by atoms with E-state index in [0.717, 1.165) is 17.8 Å². The Morgan fingerprint density at radius 1 is 1.19 bits per heavy atom. The predicted molar refractivity (Wildman–Crippen MR) is 79.3 cm³/mol. The van der Waals surface area contributed by atoms with E-state index in [9.17, 15) is 4.39 Å². The van der Waals surface area contributed by atoms with Crippen molar-refractivity contribution >= 4 is 0 Å². The number of ether oxygens (including phenoxy) is 2. The minimum absolute atomic E-state index is 0.194. The fourth-order valence-electron chi connectivity index (χ4n) is 2.22. The zero-order chi connectivity index (χ0) is 15.2. The van der Waals surface area contributed by atoms with Gasteiger partial charge in [-0.2, -0.15) is 0 Å². The lowest BCUT2D eigenvalue weighted by Crippen LogP contribution is -2.23. The number of nitrogens with zero attached hydrogens (tertiary/aromatic N) is 1. The summed E-state index contributed by atoms with van der Waals surface area (Å²) in [4.78, 5) is 4.40. The van der Waals surface area contributed by atoms with E-state index in [1.165, 1.54) is 13.2 Å². The third kappa shape index (κ3) is 3.31. The zero-order valence-electron chi connectivity index (χ0n) is 12.4. The molecule has 5 heteroatoms. The van der Waals surface area contributed by atoms with Crippen molar-refractivity contribution < 1.29 is 13.9 Å². The molecule has 0 fully saturated rings. The van der Waals surface area contributed by atoms with Gasteiger partial charge in [0.05, 0.1) is 20.3 Å². The van der Waals surface area contributed by atoms with Crippen LogP contribution in [-0.4, -0.2) is 25.7 Å². The highest BCUT2D eigenvalue weighted by molar-refractivity contribution is 5.40. The Kier molecular flexibility index (Phi) is 5.11. The standard InChI is InChI=1S/C16H19FN2O2/c1-4-18-15(16-13(20-2)6-5-9-19-16)11-7-8-12(17)14(10-11)21-3/h5-10,15,18H,4H2,1-3H3. The predicted octanol–water partition coefficient (Wildman–Crippen LogP) is 2.94. The van der Waals surface area contributed by atoms with E-state index in [-0.39, 0.29) is 17.6 Å². The van der Waals surface area contributed by atoms with Gasteiger partial charge in [-0.05, 0) is 36.4 Å². The second kappa shape index (κ2) is 7.04. The molecule has 21 heavy (non-hydrogen) atoms. The molecule has 0 saturated heterocycles. The lowest BCUT2D eigenvalue weighted by atomic mass is 10.0. The van der Waals surface area contributed by atoms with E-state index in [2.05, 4.69) is 10.3 Å². The molecule has 2 aromatic rings. The topological polar surface area (TPSA) is 43.4 Å². The second-order valence-corrected chi connectivity index (χ2v) is 4.48. The molecule has 2 rings (SSSR count). The summed E-state index contributed by atoms with van der Waals surface area (Å²) in [6.45, 7) is 2.74. The van der Waals surface area contributed by atoms with Crippen LogP contribution < -0.4 is 14.8 Å². The van der Waals surface area contributed by atoms with Crippen LogP contribution in [0.15, 0.2) is 36.5 Å². The van der Waals surface area contributed by atoms with Crippen LogP contribution in [0, 0.1) is 5.82 Å². The molecule has 0 radical (unpaired) electrons. The average molecular weight is 290 g/mol. The number of aromatic nitrogens is 1. The summed E-state index contributed by atoms with van der Waals surface area (Å²) in [6.07, 6.45) is 1.71. The van der Waals surface area contributed by atoms with Crippen molar-refractivity contribution in [3.8, 4) is 11.5 Å². The lowest BCUT2D eigenvalue weighted by Gasteiger charge is -2.20. The Labute approximate surface area is 123 Å². The van der Waals surface area contributed by atoms with Crippen molar-refractivity contribution in [1.29, 1.82) is 0 Å². The molecule has 1 heterocycles. The van der Waals surface area contributed by atoms with Crippen LogP contribution in [0.25, 0.3) is 0 Å². The maximum Gasteiger partial charge on any atom is 0.165 e. The highest BCUT2D eigenvalue weighted by Crippen LogP contribution is 2.30. The van der Waals surface area contributed by atoms with Gasteiger partial charge in [0, 0.05) is 6.20 Å². The molecule has 0 amide bonds. The van der Waals surface area contributed by atoms with Crippen molar-refractivity contribution in [2.45, 2.75) is 13.0 Å². The number of hydrogen-bond donors (Lipinski definition) is 1. The first-order valence-corrected chi connectivity index (χ1v) is 6.77. The molecule has 1 aromatic heterocycles. The van der Waals surface area contributed by atoms with Gasteiger partial charge in [0.15, 0.2) is 11.6 Å². The van der Waals surface area contributed by atoms with Crippen LogP contribution in [0.1, 0.15) is 24.2 Å². The molecule has 1 aromatic carbocycles. The Morgan fingerprint density at radius 3 is 2.62 bits per heavy atom. The smallest absolute Gasteiger partial charge is 0.165 e. The molecule has 0 saturated carbocycles. The molecule has 0 bridgehead atoms. The van der Waals surface area contributed by atoms with Crippen LogP contribution >= 0.6 is 0 Å². The summed E-state index contributed by atoms with van der Waals surface area (Å²) in [7, 11) is 3.06. The van der Waals surface area contributed by atoms with Crippen LogP contribution in [0.4, 0.5) is 4.39 Å². The van der Waals surface area contributed by atoms with Crippen molar-refractivity contribution in [3.05, 3.63) is 53.6 Å². The maximum atomic E-state index is 13.6. The van der Waals surface area contributed by atoms with Gasteiger partial charge in [0.1, 0.15) is 11.4 Å². The van der Waals surface area contributed by atoms with Gasteiger partial charge in [-0.1, -0.05) is 13.0 Å². The largest absolute Gasteiger partial charge is 0.495 e. The highest BCUT2D eigenvalue weighted by Gasteiger charge is 2.20. The van der Waals surface area contributed by atoms with Crippen LogP contribution in [0.3, 0.4) is 0 Å². The number of nitrogens with one attached hydrogen (secondary N) is 1. The molecule has 1 unspecified atom stereocenters.